The summed E-state index contributed by atoms with van der Waals surface area (Å²) in [6.07, 6.45) is -2.80. The van der Waals surface area contributed by atoms with Crippen LogP contribution in [0.5, 0.6) is 0 Å². The van der Waals surface area contributed by atoms with E-state index in [0.717, 1.165) is 6.92 Å². The summed E-state index contributed by atoms with van der Waals surface area (Å²) in [5.41, 5.74) is -12.8. The van der Waals surface area contributed by atoms with Crippen LogP contribution in [0.15, 0.2) is 0 Å². The van der Waals surface area contributed by atoms with Gasteiger partial charge in [-0.1, -0.05) is 13.3 Å². The Labute approximate surface area is 156 Å². The van der Waals surface area contributed by atoms with Crippen LogP contribution in [0.1, 0.15) is 26.7 Å². The summed E-state index contributed by atoms with van der Waals surface area (Å²) in [7, 11) is -13.9. The normalized spacial score (nSPS) is 16.2. The minimum atomic E-state index is -6.93. The highest BCUT2D eigenvalue weighted by Gasteiger charge is 2.63. The molecule has 0 heterocycles. The van der Waals surface area contributed by atoms with E-state index in [4.69, 9.17) is 4.74 Å². The van der Waals surface area contributed by atoms with Crippen LogP contribution >= 0.6 is 0 Å². The lowest BCUT2D eigenvalue weighted by Crippen LogP contribution is -2.51. The highest BCUT2D eigenvalue weighted by atomic mass is 32.3. The molecular weight excluding hydrogens is 450 g/mol. The largest absolute Gasteiger partial charge is 0.547 e. The quantitative estimate of drug-likeness (QED) is 0.318. The smallest absolute Gasteiger partial charge is 0.498 e. The number of carbonyl (C=O) groups excluding carboxylic acids is 1. The van der Waals surface area contributed by atoms with Crippen molar-refractivity contribution in [3.63, 3.8) is 0 Å². The molecule has 0 fully saturated rings. The predicted octanol–water partition coefficient (Wildman–Crippen LogP) is 0.522. The number of hydrogen-bond acceptors (Lipinski definition) is 8. The van der Waals surface area contributed by atoms with Crippen molar-refractivity contribution >= 4 is 25.6 Å². The fourth-order valence-corrected chi connectivity index (χ4v) is 4.82. The van der Waals surface area contributed by atoms with Crippen molar-refractivity contribution in [2.45, 2.75) is 54.5 Å². The molecule has 0 aromatic rings. The monoisotopic (exact) mass is 467 g/mol. The molecule has 0 radical (unpaired) electrons. The Morgan fingerprint density at radius 1 is 0.964 bits per heavy atom. The van der Waals surface area contributed by atoms with Crippen molar-refractivity contribution in [2.24, 2.45) is 0 Å². The Balaban J connectivity index is 5.83. The van der Waals surface area contributed by atoms with Crippen LogP contribution in [0, 0.1) is 0 Å². The van der Waals surface area contributed by atoms with Gasteiger partial charge in [-0.25, -0.2) is 16.8 Å². The van der Waals surface area contributed by atoms with E-state index in [0.29, 0.717) is 12.8 Å². The summed E-state index contributed by atoms with van der Waals surface area (Å²) in [5.74, 6) is -2.16. The molecular formula is C12H17F6O8S2-. The van der Waals surface area contributed by atoms with E-state index in [-0.39, 0.29) is 6.61 Å². The number of aliphatic carboxylic acids is 1. The second-order valence-corrected chi connectivity index (χ2v) is 9.96. The first-order chi connectivity index (χ1) is 12.4. The maximum atomic E-state index is 12.6. The van der Waals surface area contributed by atoms with Gasteiger partial charge in [-0.2, -0.15) is 26.3 Å². The average molecular weight is 467 g/mol. The van der Waals surface area contributed by atoms with Crippen molar-refractivity contribution in [2.75, 3.05) is 13.2 Å². The van der Waals surface area contributed by atoms with Crippen molar-refractivity contribution in [1.82, 2.24) is 0 Å². The molecule has 0 rings (SSSR count). The third-order valence-corrected chi connectivity index (χ3v) is 7.75. The SMILES string of the molecule is CCCCOC(C)C(OCC(S(=O)(=O)C(F)(F)F)S(=O)(=O)C(F)(F)F)C(=O)[O-]. The van der Waals surface area contributed by atoms with Gasteiger partial charge in [0.1, 0.15) is 6.10 Å². The number of carbonyl (C=O) groups is 1. The topological polar surface area (TPSA) is 127 Å². The Morgan fingerprint density at radius 2 is 1.39 bits per heavy atom. The summed E-state index contributed by atoms with van der Waals surface area (Å²) >= 11 is 0. The lowest BCUT2D eigenvalue weighted by Gasteiger charge is -2.28. The molecule has 0 amide bonds. The number of carboxylic acid groups (broad SMARTS) is 1. The summed E-state index contributed by atoms with van der Waals surface area (Å²) in [6, 6.07) is 0. The minimum absolute atomic E-state index is 0.0596. The molecule has 0 aliphatic heterocycles. The van der Waals surface area contributed by atoms with Crippen molar-refractivity contribution in [3.05, 3.63) is 0 Å². The molecule has 0 saturated heterocycles. The molecule has 0 aliphatic carbocycles. The van der Waals surface area contributed by atoms with Crippen molar-refractivity contribution in [1.29, 1.82) is 0 Å². The Kier molecular flexibility index (Phi) is 9.19. The molecule has 2 unspecified atom stereocenters. The fourth-order valence-electron chi connectivity index (χ4n) is 1.72. The zero-order chi connectivity index (χ0) is 22.6. The number of halogens is 6. The molecule has 8 nitrogen and oxygen atoms in total. The number of sulfone groups is 2. The molecule has 16 heteroatoms. The van der Waals surface area contributed by atoms with Gasteiger partial charge in [-0.15, -0.1) is 0 Å². The van der Waals surface area contributed by atoms with Gasteiger partial charge < -0.3 is 19.4 Å². The first-order valence-electron chi connectivity index (χ1n) is 7.45. The van der Waals surface area contributed by atoms with Crippen molar-refractivity contribution in [3.8, 4) is 0 Å². The predicted molar refractivity (Wildman–Crippen MR) is 78.8 cm³/mol. The molecule has 0 spiro atoms. The third-order valence-electron chi connectivity index (χ3n) is 3.29. The Bertz CT molecular complexity index is 684. The van der Waals surface area contributed by atoms with E-state index in [1.807, 2.05) is 0 Å². The molecule has 2 atom stereocenters. The van der Waals surface area contributed by atoms with E-state index < -0.39 is 60.1 Å². The number of ether oxygens (including phenoxy) is 2. The van der Waals surface area contributed by atoms with Gasteiger partial charge in [0, 0.05) is 6.61 Å². The first kappa shape index (κ1) is 26.9. The second kappa shape index (κ2) is 9.58. The summed E-state index contributed by atoms with van der Waals surface area (Å²) in [6.45, 7) is 0.427. The molecule has 28 heavy (non-hydrogen) atoms. The van der Waals surface area contributed by atoms with Gasteiger partial charge in [0.25, 0.3) is 19.7 Å². The highest BCUT2D eigenvalue weighted by Crippen LogP contribution is 2.36. The Morgan fingerprint density at radius 3 is 1.71 bits per heavy atom. The van der Waals surface area contributed by atoms with Gasteiger partial charge >= 0.3 is 11.0 Å². The van der Waals surface area contributed by atoms with Crippen LogP contribution in [0.4, 0.5) is 26.3 Å². The van der Waals surface area contributed by atoms with E-state index in [9.17, 15) is 53.1 Å². The lowest BCUT2D eigenvalue weighted by molar-refractivity contribution is -0.320. The van der Waals surface area contributed by atoms with Crippen LogP contribution in [0.3, 0.4) is 0 Å². The van der Waals surface area contributed by atoms with Crippen LogP contribution in [-0.4, -0.2) is 63.8 Å². The van der Waals surface area contributed by atoms with Crippen LogP contribution < -0.4 is 5.11 Å². The molecule has 168 valence electrons. The molecule has 0 aromatic carbocycles. The van der Waals surface area contributed by atoms with E-state index in [2.05, 4.69) is 4.74 Å². The van der Waals surface area contributed by atoms with Gasteiger partial charge in [-0.05, 0) is 13.3 Å². The maximum Gasteiger partial charge on any atom is 0.498 e. The minimum Gasteiger partial charge on any atom is -0.547 e. The molecule has 0 aliphatic rings. The van der Waals surface area contributed by atoms with E-state index in [1.54, 1.807) is 6.92 Å². The number of hydrogen-bond donors (Lipinski definition) is 0. The molecule has 0 saturated carbocycles. The van der Waals surface area contributed by atoms with Gasteiger partial charge in [0.2, 0.25) is 4.58 Å². The fraction of sp³-hybridized carbons (Fsp3) is 0.917. The Hall–Kier alpha value is -1.13. The van der Waals surface area contributed by atoms with Gasteiger partial charge in [0.15, 0.2) is 0 Å². The number of alkyl halides is 6. The second-order valence-electron chi connectivity index (χ2n) is 5.41. The zero-order valence-corrected chi connectivity index (χ0v) is 16.0. The van der Waals surface area contributed by atoms with E-state index in [1.165, 1.54) is 0 Å². The summed E-state index contributed by atoms with van der Waals surface area (Å²) in [5, 5.41) is 11.0. The first-order valence-corrected chi connectivity index (χ1v) is 10.5. The van der Waals surface area contributed by atoms with Crippen molar-refractivity contribution < 1.29 is 62.6 Å². The summed E-state index contributed by atoms with van der Waals surface area (Å²) in [4.78, 5) is 11.0. The summed E-state index contributed by atoms with van der Waals surface area (Å²) < 4.78 is 126. The highest BCUT2D eigenvalue weighted by molar-refractivity contribution is 8.09. The number of unbranched alkanes of at least 4 members (excludes halogenated alkanes) is 1. The van der Waals surface area contributed by atoms with Crippen LogP contribution in [-0.2, 0) is 33.9 Å². The number of rotatable bonds is 11. The molecule has 0 N–H and O–H groups in total. The molecule has 0 aromatic heterocycles. The standard InChI is InChI=1S/C12H18F6O8S2/c1-3-4-5-25-7(2)9(10(19)20)26-6-8(27(21,22)11(13,14)15)28(23,24)12(16,17)18/h7-9H,3-6H2,1-2H3,(H,19,20)/p-1. The lowest BCUT2D eigenvalue weighted by atomic mass is 10.2. The van der Waals surface area contributed by atoms with Gasteiger partial charge in [-0.3, -0.25) is 0 Å². The third kappa shape index (κ3) is 6.45. The van der Waals surface area contributed by atoms with Gasteiger partial charge in [0.05, 0.1) is 18.7 Å². The molecule has 0 bridgehead atoms. The van der Waals surface area contributed by atoms with E-state index >= 15 is 0 Å². The average Bonchev–Trinajstić information content (AvgIpc) is 2.48. The van der Waals surface area contributed by atoms with Crippen LogP contribution in [0.25, 0.3) is 0 Å². The van der Waals surface area contributed by atoms with Crippen LogP contribution in [0.2, 0.25) is 0 Å². The maximum absolute atomic E-state index is 12.6. The zero-order valence-electron chi connectivity index (χ0n) is 14.4. The number of carboxylic acids is 1.